The van der Waals surface area contributed by atoms with Gasteiger partial charge in [0.2, 0.25) is 5.91 Å². The van der Waals surface area contributed by atoms with Crippen molar-refractivity contribution >= 4 is 17.6 Å². The Morgan fingerprint density at radius 2 is 1.74 bits per heavy atom. The lowest BCUT2D eigenvalue weighted by molar-refractivity contribution is -0.146. The van der Waals surface area contributed by atoms with Crippen molar-refractivity contribution in [2.24, 2.45) is 11.8 Å². The number of phenols is 1. The second-order valence-corrected chi connectivity index (χ2v) is 4.50. The normalized spacial score (nSPS) is 21.9. The number of hydrogen-bond acceptors (Lipinski definition) is 3. The summed E-state index contributed by atoms with van der Waals surface area (Å²) in [5.74, 6) is -2.70. The zero-order chi connectivity index (χ0) is 13.8. The third kappa shape index (κ3) is 2.93. The first-order chi connectivity index (χ1) is 9.09. The molecule has 0 fully saturated rings. The monoisotopic (exact) mass is 261 g/mol. The topological polar surface area (TPSA) is 86.6 Å². The van der Waals surface area contributed by atoms with Crippen molar-refractivity contribution in [1.82, 2.24) is 0 Å². The van der Waals surface area contributed by atoms with E-state index < -0.39 is 17.8 Å². The highest BCUT2D eigenvalue weighted by Crippen LogP contribution is 2.29. The summed E-state index contributed by atoms with van der Waals surface area (Å²) in [4.78, 5) is 23.2. The number of hydrogen-bond donors (Lipinski definition) is 3. The largest absolute Gasteiger partial charge is 0.506 e. The van der Waals surface area contributed by atoms with Gasteiger partial charge in [0.25, 0.3) is 0 Å². The van der Waals surface area contributed by atoms with Crippen molar-refractivity contribution in [2.75, 3.05) is 5.32 Å². The number of para-hydroxylation sites is 2. The van der Waals surface area contributed by atoms with E-state index in [0.29, 0.717) is 18.5 Å². The highest BCUT2D eigenvalue weighted by atomic mass is 16.4. The Morgan fingerprint density at radius 1 is 1.11 bits per heavy atom. The van der Waals surface area contributed by atoms with E-state index in [1.165, 1.54) is 6.07 Å². The van der Waals surface area contributed by atoms with Crippen molar-refractivity contribution < 1.29 is 19.8 Å². The number of carboxylic acid groups (broad SMARTS) is 1. The van der Waals surface area contributed by atoms with Gasteiger partial charge in [0.15, 0.2) is 0 Å². The van der Waals surface area contributed by atoms with Crippen LogP contribution in [-0.4, -0.2) is 22.1 Å². The minimum absolute atomic E-state index is 0.0333. The molecule has 5 nitrogen and oxygen atoms in total. The number of aromatic hydroxyl groups is 1. The number of nitrogens with one attached hydrogen (secondary N) is 1. The van der Waals surface area contributed by atoms with Gasteiger partial charge in [-0.05, 0) is 25.0 Å². The number of allylic oxidation sites excluding steroid dienone is 2. The van der Waals surface area contributed by atoms with Crippen LogP contribution in [0.1, 0.15) is 12.8 Å². The molecular formula is C14H15NO4. The minimum Gasteiger partial charge on any atom is -0.506 e. The molecule has 2 atom stereocenters. The predicted octanol–water partition coefficient (Wildman–Crippen LogP) is 2.00. The summed E-state index contributed by atoms with van der Waals surface area (Å²) in [5.41, 5.74) is 0.297. The number of benzene rings is 1. The van der Waals surface area contributed by atoms with Gasteiger partial charge in [-0.2, -0.15) is 0 Å². The van der Waals surface area contributed by atoms with Gasteiger partial charge in [-0.1, -0.05) is 24.3 Å². The van der Waals surface area contributed by atoms with E-state index in [2.05, 4.69) is 5.32 Å². The van der Waals surface area contributed by atoms with E-state index in [0.717, 1.165) is 0 Å². The Labute approximate surface area is 110 Å². The molecule has 5 heteroatoms. The molecule has 0 heterocycles. The molecule has 19 heavy (non-hydrogen) atoms. The Bertz CT molecular complexity index is 524. The molecule has 1 aliphatic rings. The van der Waals surface area contributed by atoms with Crippen LogP contribution >= 0.6 is 0 Å². The second kappa shape index (κ2) is 5.56. The maximum Gasteiger partial charge on any atom is 0.307 e. The molecule has 2 rings (SSSR count). The van der Waals surface area contributed by atoms with Crippen LogP contribution in [-0.2, 0) is 9.59 Å². The molecular weight excluding hydrogens is 246 g/mol. The zero-order valence-corrected chi connectivity index (χ0v) is 10.2. The number of amides is 1. The van der Waals surface area contributed by atoms with Crippen molar-refractivity contribution in [2.45, 2.75) is 12.8 Å². The standard InChI is InChI=1S/C14H15NO4/c16-12-8-4-3-7-11(12)15-13(17)9-5-1-2-6-10(9)14(18)19/h1-4,7-10,16H,5-6H2,(H,15,17)(H,18,19)/t9-,10+/m1/s1. The summed E-state index contributed by atoms with van der Waals surface area (Å²) in [6.07, 6.45) is 4.35. The van der Waals surface area contributed by atoms with Gasteiger partial charge < -0.3 is 15.5 Å². The fraction of sp³-hybridized carbons (Fsp3) is 0.286. The minimum atomic E-state index is -0.971. The van der Waals surface area contributed by atoms with Crippen molar-refractivity contribution in [3.05, 3.63) is 36.4 Å². The molecule has 3 N–H and O–H groups in total. The van der Waals surface area contributed by atoms with Crippen LogP contribution in [0.15, 0.2) is 36.4 Å². The smallest absolute Gasteiger partial charge is 0.307 e. The molecule has 0 aliphatic heterocycles. The Morgan fingerprint density at radius 3 is 2.37 bits per heavy atom. The zero-order valence-electron chi connectivity index (χ0n) is 10.2. The Balaban J connectivity index is 2.13. The fourth-order valence-corrected chi connectivity index (χ4v) is 2.18. The highest BCUT2D eigenvalue weighted by Gasteiger charge is 2.34. The molecule has 0 spiro atoms. The average Bonchev–Trinajstić information content (AvgIpc) is 2.41. The van der Waals surface area contributed by atoms with Crippen LogP contribution in [0.2, 0.25) is 0 Å². The second-order valence-electron chi connectivity index (χ2n) is 4.50. The lowest BCUT2D eigenvalue weighted by Gasteiger charge is -2.24. The van der Waals surface area contributed by atoms with E-state index >= 15 is 0 Å². The number of carbonyl (C=O) groups excluding carboxylic acids is 1. The van der Waals surface area contributed by atoms with Gasteiger partial charge in [0.1, 0.15) is 5.75 Å². The molecule has 0 saturated heterocycles. The number of anilines is 1. The van der Waals surface area contributed by atoms with E-state index in [-0.39, 0.29) is 11.7 Å². The van der Waals surface area contributed by atoms with Crippen LogP contribution in [0.3, 0.4) is 0 Å². The van der Waals surface area contributed by atoms with Crippen LogP contribution in [0.25, 0.3) is 0 Å². The number of carboxylic acids is 1. The number of carbonyl (C=O) groups is 2. The molecule has 1 aromatic rings. The first-order valence-electron chi connectivity index (χ1n) is 6.06. The fourth-order valence-electron chi connectivity index (χ4n) is 2.18. The summed E-state index contributed by atoms with van der Waals surface area (Å²) in [7, 11) is 0. The van der Waals surface area contributed by atoms with Gasteiger partial charge in [0, 0.05) is 0 Å². The van der Waals surface area contributed by atoms with E-state index in [4.69, 9.17) is 5.11 Å². The van der Waals surface area contributed by atoms with Gasteiger partial charge in [-0.15, -0.1) is 0 Å². The average molecular weight is 261 g/mol. The lowest BCUT2D eigenvalue weighted by Crippen LogP contribution is -2.34. The molecule has 0 aromatic heterocycles. The van der Waals surface area contributed by atoms with Crippen LogP contribution < -0.4 is 5.32 Å². The summed E-state index contributed by atoms with van der Waals surface area (Å²) >= 11 is 0. The summed E-state index contributed by atoms with van der Waals surface area (Å²) < 4.78 is 0. The van der Waals surface area contributed by atoms with Crippen LogP contribution in [0, 0.1) is 11.8 Å². The summed E-state index contributed by atoms with van der Waals surface area (Å²) in [5, 5.41) is 21.3. The maximum atomic E-state index is 12.1. The van der Waals surface area contributed by atoms with Gasteiger partial charge in [0.05, 0.1) is 17.5 Å². The van der Waals surface area contributed by atoms with Crippen molar-refractivity contribution in [1.29, 1.82) is 0 Å². The summed E-state index contributed by atoms with van der Waals surface area (Å²) in [6.45, 7) is 0. The molecule has 100 valence electrons. The molecule has 0 bridgehead atoms. The molecule has 1 amide bonds. The van der Waals surface area contributed by atoms with E-state index in [1.54, 1.807) is 24.3 Å². The number of phenolic OH excluding ortho intramolecular Hbond substituents is 1. The van der Waals surface area contributed by atoms with Crippen LogP contribution in [0.5, 0.6) is 5.75 Å². The molecule has 0 unspecified atom stereocenters. The number of rotatable bonds is 3. The Kier molecular flexibility index (Phi) is 3.85. The van der Waals surface area contributed by atoms with E-state index in [9.17, 15) is 14.7 Å². The molecule has 0 saturated carbocycles. The summed E-state index contributed by atoms with van der Waals surface area (Å²) in [6, 6.07) is 6.37. The maximum absolute atomic E-state index is 12.1. The van der Waals surface area contributed by atoms with E-state index in [1.807, 2.05) is 6.08 Å². The lowest BCUT2D eigenvalue weighted by atomic mass is 9.82. The molecule has 1 aromatic carbocycles. The number of aliphatic carboxylic acids is 1. The first kappa shape index (κ1) is 13.1. The van der Waals surface area contributed by atoms with Crippen molar-refractivity contribution in [3.8, 4) is 5.75 Å². The SMILES string of the molecule is O=C(O)[C@H]1CC=CC[C@H]1C(=O)Nc1ccccc1O. The predicted molar refractivity (Wildman–Crippen MR) is 69.7 cm³/mol. The first-order valence-corrected chi connectivity index (χ1v) is 6.06. The third-order valence-corrected chi connectivity index (χ3v) is 3.25. The van der Waals surface area contributed by atoms with Crippen molar-refractivity contribution in [3.63, 3.8) is 0 Å². The van der Waals surface area contributed by atoms with Crippen LogP contribution in [0.4, 0.5) is 5.69 Å². The molecule has 0 radical (unpaired) electrons. The molecule has 1 aliphatic carbocycles. The van der Waals surface area contributed by atoms with Gasteiger partial charge in [-0.3, -0.25) is 9.59 Å². The third-order valence-electron chi connectivity index (χ3n) is 3.25. The Hall–Kier alpha value is -2.30. The quantitative estimate of drug-likeness (QED) is 0.573. The van der Waals surface area contributed by atoms with Gasteiger partial charge >= 0.3 is 5.97 Å². The van der Waals surface area contributed by atoms with Gasteiger partial charge in [-0.25, -0.2) is 0 Å². The highest BCUT2D eigenvalue weighted by molar-refractivity contribution is 5.96.